The Morgan fingerprint density at radius 1 is 1.44 bits per heavy atom. The summed E-state index contributed by atoms with van der Waals surface area (Å²) < 4.78 is 13.5. The fraction of sp³-hybridized carbons (Fsp3) is 0.182. The Morgan fingerprint density at radius 2 is 2.25 bits per heavy atom. The topological polar surface area (TPSA) is 28.7 Å². The molecule has 0 saturated heterocycles. The van der Waals surface area contributed by atoms with Crippen LogP contribution in [0.15, 0.2) is 24.4 Å². The molecule has 2 nitrogen and oxygen atoms in total. The fourth-order valence-corrected chi connectivity index (χ4v) is 1.82. The molecule has 2 aromatic rings. The van der Waals surface area contributed by atoms with Crippen molar-refractivity contribution in [3.63, 3.8) is 0 Å². The molecule has 84 valence electrons. The predicted octanol–water partition coefficient (Wildman–Crippen LogP) is 3.34. The number of benzene rings is 1. The van der Waals surface area contributed by atoms with Gasteiger partial charge >= 0.3 is 0 Å². The first-order valence-corrected chi connectivity index (χ1v) is 5.82. The van der Waals surface area contributed by atoms with Gasteiger partial charge in [-0.15, -0.1) is 0 Å². The van der Waals surface area contributed by atoms with Gasteiger partial charge in [0.25, 0.3) is 0 Å². The highest BCUT2D eigenvalue weighted by molar-refractivity contribution is 7.80. The zero-order chi connectivity index (χ0) is 11.5. The molecule has 0 radical (unpaired) electrons. The van der Waals surface area contributed by atoms with Crippen molar-refractivity contribution < 1.29 is 4.39 Å². The van der Waals surface area contributed by atoms with Crippen molar-refractivity contribution in [2.75, 3.05) is 5.75 Å². The van der Waals surface area contributed by atoms with Gasteiger partial charge in [-0.2, -0.15) is 12.6 Å². The van der Waals surface area contributed by atoms with E-state index in [1.807, 2.05) is 0 Å². The van der Waals surface area contributed by atoms with Crippen LogP contribution in [0.4, 0.5) is 4.39 Å². The second-order valence-electron chi connectivity index (χ2n) is 3.34. The summed E-state index contributed by atoms with van der Waals surface area (Å²) in [4.78, 5) is 7.18. The number of aromatic nitrogens is 2. The van der Waals surface area contributed by atoms with Crippen molar-refractivity contribution in [1.29, 1.82) is 0 Å². The van der Waals surface area contributed by atoms with Crippen LogP contribution in [-0.4, -0.2) is 15.7 Å². The summed E-state index contributed by atoms with van der Waals surface area (Å²) in [6.07, 6.45) is 2.33. The van der Waals surface area contributed by atoms with Crippen molar-refractivity contribution in [2.45, 2.75) is 6.42 Å². The molecule has 0 spiro atoms. The Labute approximate surface area is 103 Å². The summed E-state index contributed by atoms with van der Waals surface area (Å²) in [5.74, 6) is 1.18. The molecule has 2 rings (SSSR count). The normalized spacial score (nSPS) is 10.7. The molecule has 1 heterocycles. The molecule has 1 aromatic carbocycles. The Bertz CT molecular complexity index is 498. The van der Waals surface area contributed by atoms with E-state index in [1.165, 1.54) is 12.1 Å². The first-order valence-electron chi connectivity index (χ1n) is 4.81. The molecule has 16 heavy (non-hydrogen) atoms. The number of thiol groups is 1. The maximum absolute atomic E-state index is 13.5. The molecule has 0 aliphatic carbocycles. The van der Waals surface area contributed by atoms with Crippen LogP contribution in [0.25, 0.3) is 11.3 Å². The van der Waals surface area contributed by atoms with Crippen molar-refractivity contribution in [3.05, 3.63) is 41.1 Å². The fourth-order valence-electron chi connectivity index (χ4n) is 1.44. The van der Waals surface area contributed by atoms with Gasteiger partial charge in [0.05, 0.1) is 11.9 Å². The second-order valence-corrected chi connectivity index (χ2v) is 4.22. The second kappa shape index (κ2) is 4.89. The lowest BCUT2D eigenvalue weighted by atomic mass is 10.1. The van der Waals surface area contributed by atoms with E-state index in [0.29, 0.717) is 22.0 Å². The van der Waals surface area contributed by atoms with E-state index in [2.05, 4.69) is 22.6 Å². The Balaban J connectivity index is 2.38. The first kappa shape index (κ1) is 11.5. The van der Waals surface area contributed by atoms with E-state index in [0.717, 1.165) is 12.2 Å². The highest BCUT2D eigenvalue weighted by Gasteiger charge is 2.08. The molecule has 1 N–H and O–H groups in total. The largest absolute Gasteiger partial charge is 0.342 e. The number of rotatable bonds is 3. The van der Waals surface area contributed by atoms with E-state index >= 15 is 0 Å². The van der Waals surface area contributed by atoms with Gasteiger partial charge in [0.15, 0.2) is 0 Å². The summed E-state index contributed by atoms with van der Waals surface area (Å²) in [5, 5.41) is 0.502. The van der Waals surface area contributed by atoms with Crippen LogP contribution in [-0.2, 0) is 6.42 Å². The molecule has 0 bridgehead atoms. The van der Waals surface area contributed by atoms with Crippen molar-refractivity contribution >= 4 is 24.2 Å². The Kier molecular flexibility index (Phi) is 3.51. The number of H-pyrrole nitrogens is 1. The highest BCUT2D eigenvalue weighted by Crippen LogP contribution is 2.24. The summed E-state index contributed by atoms with van der Waals surface area (Å²) in [6.45, 7) is 0. The van der Waals surface area contributed by atoms with Gasteiger partial charge in [-0.1, -0.05) is 11.6 Å². The molecule has 0 unspecified atom stereocenters. The maximum Gasteiger partial charge on any atom is 0.132 e. The van der Waals surface area contributed by atoms with Gasteiger partial charge in [0.1, 0.15) is 11.6 Å². The van der Waals surface area contributed by atoms with E-state index in [-0.39, 0.29) is 5.82 Å². The Morgan fingerprint density at radius 3 is 3.00 bits per heavy atom. The van der Waals surface area contributed by atoms with Crippen LogP contribution >= 0.6 is 24.2 Å². The number of hydrogen-bond donors (Lipinski definition) is 2. The van der Waals surface area contributed by atoms with Gasteiger partial charge in [0, 0.05) is 17.0 Å². The molecule has 5 heteroatoms. The average Bonchev–Trinajstić information content (AvgIpc) is 2.71. The molecule has 0 amide bonds. The van der Waals surface area contributed by atoms with Gasteiger partial charge in [-0.25, -0.2) is 9.37 Å². The lowest BCUT2D eigenvalue weighted by Crippen LogP contribution is -1.89. The Hall–Kier alpha value is -1.00. The molecule has 0 saturated carbocycles. The minimum atomic E-state index is -0.314. The molecule has 0 aliphatic heterocycles. The van der Waals surface area contributed by atoms with E-state index in [9.17, 15) is 4.39 Å². The average molecular weight is 257 g/mol. The third-order valence-corrected chi connectivity index (χ3v) is 2.65. The van der Waals surface area contributed by atoms with E-state index in [1.54, 1.807) is 12.3 Å². The summed E-state index contributed by atoms with van der Waals surface area (Å²) in [7, 11) is 0. The molecular formula is C11H10ClFN2S. The number of nitrogens with one attached hydrogen (secondary N) is 1. The third kappa shape index (κ3) is 2.39. The standard InChI is InChI=1S/C11H10ClFN2S/c12-7-1-2-9(13)8(5-7)10-6-14-11(15-10)3-4-16/h1-2,5-6,16H,3-4H2,(H,14,15). The van der Waals surface area contributed by atoms with E-state index in [4.69, 9.17) is 11.6 Å². The monoisotopic (exact) mass is 256 g/mol. The first-order chi connectivity index (χ1) is 7.70. The number of nitrogens with zero attached hydrogens (tertiary/aromatic N) is 1. The number of aromatic amines is 1. The van der Waals surface area contributed by atoms with Gasteiger partial charge in [0.2, 0.25) is 0 Å². The maximum atomic E-state index is 13.5. The minimum absolute atomic E-state index is 0.314. The van der Waals surface area contributed by atoms with Crippen molar-refractivity contribution in [3.8, 4) is 11.3 Å². The lowest BCUT2D eigenvalue weighted by Gasteiger charge is -2.00. The zero-order valence-electron chi connectivity index (χ0n) is 8.37. The third-order valence-electron chi connectivity index (χ3n) is 2.20. The van der Waals surface area contributed by atoms with Crippen LogP contribution in [0.1, 0.15) is 5.82 Å². The van der Waals surface area contributed by atoms with Gasteiger partial charge in [-0.05, 0) is 24.0 Å². The number of halogens is 2. The summed E-state index contributed by atoms with van der Waals surface area (Å²) in [6, 6.07) is 4.44. The summed E-state index contributed by atoms with van der Waals surface area (Å²) >= 11 is 9.93. The minimum Gasteiger partial charge on any atom is -0.342 e. The number of hydrogen-bond acceptors (Lipinski definition) is 2. The molecule has 0 atom stereocenters. The quantitative estimate of drug-likeness (QED) is 0.811. The predicted molar refractivity (Wildman–Crippen MR) is 66.5 cm³/mol. The lowest BCUT2D eigenvalue weighted by molar-refractivity contribution is 0.631. The van der Waals surface area contributed by atoms with Crippen LogP contribution < -0.4 is 0 Å². The summed E-state index contributed by atoms with van der Waals surface area (Å²) in [5.41, 5.74) is 1.07. The van der Waals surface area contributed by atoms with Crippen LogP contribution in [0.3, 0.4) is 0 Å². The molecular weight excluding hydrogens is 247 g/mol. The number of aryl methyl sites for hydroxylation is 1. The molecule has 0 aliphatic rings. The zero-order valence-corrected chi connectivity index (χ0v) is 10.0. The van der Waals surface area contributed by atoms with Crippen molar-refractivity contribution in [2.24, 2.45) is 0 Å². The van der Waals surface area contributed by atoms with Crippen LogP contribution in [0, 0.1) is 5.82 Å². The molecule has 0 fully saturated rings. The van der Waals surface area contributed by atoms with Gasteiger partial charge < -0.3 is 4.98 Å². The highest BCUT2D eigenvalue weighted by atomic mass is 35.5. The molecule has 1 aromatic heterocycles. The van der Waals surface area contributed by atoms with E-state index < -0.39 is 0 Å². The van der Waals surface area contributed by atoms with Crippen molar-refractivity contribution in [1.82, 2.24) is 9.97 Å². The SMILES string of the molecule is Fc1ccc(Cl)cc1-c1cnc(CCS)[nH]1. The van der Waals surface area contributed by atoms with Gasteiger partial charge in [-0.3, -0.25) is 0 Å². The van der Waals surface area contributed by atoms with Crippen LogP contribution in [0.5, 0.6) is 0 Å². The van der Waals surface area contributed by atoms with Crippen LogP contribution in [0.2, 0.25) is 5.02 Å². The smallest absolute Gasteiger partial charge is 0.132 e. The number of imidazole rings is 1.